The Morgan fingerprint density at radius 1 is 1.19 bits per heavy atom. The summed E-state index contributed by atoms with van der Waals surface area (Å²) in [6, 6.07) is 9.26. The van der Waals surface area contributed by atoms with E-state index < -0.39 is 5.41 Å². The van der Waals surface area contributed by atoms with Crippen molar-refractivity contribution in [2.75, 3.05) is 14.2 Å². The second kappa shape index (κ2) is 7.31. The molecule has 0 N–H and O–H groups in total. The Kier molecular flexibility index (Phi) is 5.75. The molecule has 1 rings (SSSR count). The van der Waals surface area contributed by atoms with E-state index in [9.17, 15) is 4.79 Å². The second-order valence-electron chi connectivity index (χ2n) is 4.70. The zero-order valence-corrected chi connectivity index (χ0v) is 12.5. The molecule has 0 saturated heterocycles. The van der Waals surface area contributed by atoms with Gasteiger partial charge in [0.2, 0.25) is 0 Å². The molecule has 1 atom stereocenters. The van der Waals surface area contributed by atoms with Crippen LogP contribution in [0.4, 0.5) is 0 Å². The first-order valence-corrected chi connectivity index (χ1v) is 6.53. The number of benzene rings is 1. The minimum absolute atomic E-state index is 0.0273. The first-order chi connectivity index (χ1) is 10.1. The molecule has 0 aliphatic rings. The molecule has 5 nitrogen and oxygen atoms in total. The summed E-state index contributed by atoms with van der Waals surface area (Å²) in [5.74, 6) is 0.915. The molecule has 0 aromatic heterocycles. The lowest BCUT2D eigenvalue weighted by atomic mass is 9.71. The summed E-state index contributed by atoms with van der Waals surface area (Å²) >= 11 is 0. The maximum absolute atomic E-state index is 12.2. The van der Waals surface area contributed by atoms with Crippen LogP contribution < -0.4 is 9.47 Å². The Labute approximate surface area is 124 Å². The van der Waals surface area contributed by atoms with E-state index in [0.717, 1.165) is 0 Å². The van der Waals surface area contributed by atoms with Gasteiger partial charge in [-0.05, 0) is 31.0 Å². The standard InChI is InChI=1S/C16H18N2O3/c1-12(19)16(8-10-18,7-4-9-17)13-5-6-14(20-2)15(11-13)21-3/h5-6,11H,4,7-8H2,1-3H3. The van der Waals surface area contributed by atoms with Gasteiger partial charge >= 0.3 is 0 Å². The normalized spacial score (nSPS) is 12.6. The van der Waals surface area contributed by atoms with E-state index in [4.69, 9.17) is 20.0 Å². The van der Waals surface area contributed by atoms with Crippen LogP contribution in [0.5, 0.6) is 11.5 Å². The molecule has 0 bridgehead atoms. The van der Waals surface area contributed by atoms with Gasteiger partial charge in [-0.1, -0.05) is 6.07 Å². The zero-order chi connectivity index (χ0) is 15.9. The molecule has 0 aliphatic heterocycles. The SMILES string of the molecule is COc1ccc(C(CC#N)(CCC#N)C(C)=O)cc1OC. The molecule has 1 aromatic rings. The molecule has 0 spiro atoms. The monoisotopic (exact) mass is 286 g/mol. The number of carbonyl (C=O) groups is 1. The van der Waals surface area contributed by atoms with Crippen LogP contribution in [0.3, 0.4) is 0 Å². The summed E-state index contributed by atoms with van der Waals surface area (Å²) in [5, 5.41) is 17.9. The number of hydrogen-bond acceptors (Lipinski definition) is 5. The molecular weight excluding hydrogens is 268 g/mol. The Hall–Kier alpha value is -2.53. The van der Waals surface area contributed by atoms with Gasteiger partial charge in [0, 0.05) is 6.42 Å². The summed E-state index contributed by atoms with van der Waals surface area (Å²) < 4.78 is 10.4. The molecule has 0 amide bonds. The molecule has 5 heteroatoms. The third kappa shape index (κ3) is 3.32. The highest BCUT2D eigenvalue weighted by Crippen LogP contribution is 2.38. The van der Waals surface area contributed by atoms with Gasteiger partial charge < -0.3 is 9.47 Å². The molecule has 0 heterocycles. The van der Waals surface area contributed by atoms with Crippen molar-refractivity contribution in [2.24, 2.45) is 0 Å². The summed E-state index contributed by atoms with van der Waals surface area (Å²) in [6.07, 6.45) is 0.539. The van der Waals surface area contributed by atoms with Gasteiger partial charge in [0.25, 0.3) is 0 Å². The highest BCUT2D eigenvalue weighted by molar-refractivity contribution is 5.88. The molecular formula is C16H18N2O3. The van der Waals surface area contributed by atoms with Crippen LogP contribution in [0.25, 0.3) is 0 Å². The predicted octanol–water partition coefficient (Wildman–Crippen LogP) is 2.75. The first-order valence-electron chi connectivity index (χ1n) is 6.53. The fourth-order valence-corrected chi connectivity index (χ4v) is 2.38. The minimum Gasteiger partial charge on any atom is -0.493 e. The number of methoxy groups -OCH3 is 2. The van der Waals surface area contributed by atoms with Crippen molar-refractivity contribution in [1.29, 1.82) is 10.5 Å². The zero-order valence-electron chi connectivity index (χ0n) is 12.5. The third-order valence-electron chi connectivity index (χ3n) is 3.65. The van der Waals surface area contributed by atoms with Gasteiger partial charge in [0.1, 0.15) is 5.78 Å². The predicted molar refractivity (Wildman–Crippen MR) is 77.0 cm³/mol. The maximum Gasteiger partial charge on any atom is 0.161 e. The summed E-state index contributed by atoms with van der Waals surface area (Å²) in [5.41, 5.74) is -0.311. The topological polar surface area (TPSA) is 83.1 Å². The summed E-state index contributed by atoms with van der Waals surface area (Å²) in [4.78, 5) is 12.2. The van der Waals surface area contributed by atoms with Gasteiger partial charge in [-0.25, -0.2) is 0 Å². The van der Waals surface area contributed by atoms with Gasteiger partial charge in [0.15, 0.2) is 11.5 Å². The summed E-state index contributed by atoms with van der Waals surface area (Å²) in [6.45, 7) is 1.45. The van der Waals surface area contributed by atoms with Crippen LogP contribution in [0, 0.1) is 22.7 Å². The van der Waals surface area contributed by atoms with E-state index in [0.29, 0.717) is 23.5 Å². The molecule has 0 aliphatic carbocycles. The van der Waals surface area contributed by atoms with Crippen molar-refractivity contribution in [1.82, 2.24) is 0 Å². The van der Waals surface area contributed by atoms with E-state index >= 15 is 0 Å². The van der Waals surface area contributed by atoms with Crippen molar-refractivity contribution in [3.63, 3.8) is 0 Å². The van der Waals surface area contributed by atoms with E-state index in [2.05, 4.69) is 6.07 Å². The lowest BCUT2D eigenvalue weighted by molar-refractivity contribution is -0.122. The highest BCUT2D eigenvalue weighted by atomic mass is 16.5. The van der Waals surface area contributed by atoms with Gasteiger partial charge in [0.05, 0.1) is 38.2 Å². The average Bonchev–Trinajstić information content (AvgIpc) is 2.50. The Morgan fingerprint density at radius 2 is 1.86 bits per heavy atom. The van der Waals surface area contributed by atoms with Crippen molar-refractivity contribution in [3.05, 3.63) is 23.8 Å². The lowest BCUT2D eigenvalue weighted by Gasteiger charge is -2.29. The second-order valence-corrected chi connectivity index (χ2v) is 4.70. The number of ketones is 1. The van der Waals surface area contributed by atoms with Crippen molar-refractivity contribution < 1.29 is 14.3 Å². The fraction of sp³-hybridized carbons (Fsp3) is 0.438. The van der Waals surface area contributed by atoms with Crippen LogP contribution in [-0.4, -0.2) is 20.0 Å². The molecule has 1 aromatic carbocycles. The van der Waals surface area contributed by atoms with Crippen molar-refractivity contribution in [3.8, 4) is 23.6 Å². The number of ether oxygens (including phenoxy) is 2. The molecule has 0 radical (unpaired) electrons. The Bertz CT molecular complexity index is 599. The molecule has 110 valence electrons. The largest absolute Gasteiger partial charge is 0.493 e. The van der Waals surface area contributed by atoms with Gasteiger partial charge in [-0.3, -0.25) is 4.79 Å². The minimum atomic E-state index is -0.982. The van der Waals surface area contributed by atoms with Crippen molar-refractivity contribution in [2.45, 2.75) is 31.6 Å². The lowest BCUT2D eigenvalue weighted by Crippen LogP contribution is -2.34. The van der Waals surface area contributed by atoms with Crippen LogP contribution in [0.15, 0.2) is 18.2 Å². The molecule has 1 unspecified atom stereocenters. The number of nitriles is 2. The van der Waals surface area contributed by atoms with Gasteiger partial charge in [-0.15, -0.1) is 0 Å². The van der Waals surface area contributed by atoms with Crippen LogP contribution in [0.2, 0.25) is 0 Å². The smallest absolute Gasteiger partial charge is 0.161 e. The van der Waals surface area contributed by atoms with Crippen LogP contribution in [-0.2, 0) is 10.2 Å². The van der Waals surface area contributed by atoms with E-state index in [1.165, 1.54) is 21.1 Å². The first kappa shape index (κ1) is 16.5. The number of Topliss-reactive ketones (excluding diaryl/α,β-unsaturated/α-hetero) is 1. The summed E-state index contributed by atoms with van der Waals surface area (Å²) in [7, 11) is 3.04. The number of carbonyl (C=O) groups excluding carboxylic acids is 1. The molecule has 21 heavy (non-hydrogen) atoms. The van der Waals surface area contributed by atoms with E-state index in [-0.39, 0.29) is 18.6 Å². The fourth-order valence-electron chi connectivity index (χ4n) is 2.38. The maximum atomic E-state index is 12.2. The Morgan fingerprint density at radius 3 is 2.33 bits per heavy atom. The number of rotatable bonds is 7. The third-order valence-corrected chi connectivity index (χ3v) is 3.65. The quantitative estimate of drug-likeness (QED) is 0.769. The van der Waals surface area contributed by atoms with E-state index in [1.807, 2.05) is 6.07 Å². The number of hydrogen-bond donors (Lipinski definition) is 0. The molecule has 0 fully saturated rings. The Balaban J connectivity index is 3.41. The molecule has 0 saturated carbocycles. The number of nitrogens with zero attached hydrogens (tertiary/aromatic N) is 2. The average molecular weight is 286 g/mol. The van der Waals surface area contributed by atoms with E-state index in [1.54, 1.807) is 18.2 Å². The van der Waals surface area contributed by atoms with Crippen LogP contribution >= 0.6 is 0 Å². The van der Waals surface area contributed by atoms with Crippen molar-refractivity contribution >= 4 is 5.78 Å². The highest BCUT2D eigenvalue weighted by Gasteiger charge is 2.37. The van der Waals surface area contributed by atoms with Gasteiger partial charge in [-0.2, -0.15) is 10.5 Å². The van der Waals surface area contributed by atoms with Crippen LogP contribution in [0.1, 0.15) is 31.7 Å².